The topological polar surface area (TPSA) is 43.4 Å². The maximum atomic E-state index is 11.1. The summed E-state index contributed by atoms with van der Waals surface area (Å²) in [6, 6.07) is 4.52. The highest BCUT2D eigenvalue weighted by atomic mass is 35.7. The number of halogens is 1. The lowest BCUT2D eigenvalue weighted by atomic mass is 10.2. The van der Waals surface area contributed by atoms with Crippen molar-refractivity contribution in [3.05, 3.63) is 23.8 Å². The van der Waals surface area contributed by atoms with Gasteiger partial charge in [0.15, 0.2) is 0 Å². The van der Waals surface area contributed by atoms with Crippen LogP contribution in [0.4, 0.5) is 0 Å². The molecule has 0 N–H and O–H groups in total. The van der Waals surface area contributed by atoms with Gasteiger partial charge in [0.25, 0.3) is 9.05 Å². The second kappa shape index (κ2) is 5.95. The van der Waals surface area contributed by atoms with Crippen LogP contribution in [0.25, 0.3) is 0 Å². The zero-order valence-corrected chi connectivity index (χ0v) is 11.2. The van der Waals surface area contributed by atoms with Gasteiger partial charge in [0.1, 0.15) is 5.75 Å². The van der Waals surface area contributed by atoms with E-state index in [1.807, 2.05) is 0 Å². The molecule has 0 aliphatic rings. The van der Waals surface area contributed by atoms with Gasteiger partial charge in [-0.2, -0.15) is 0 Å². The van der Waals surface area contributed by atoms with Crippen LogP contribution in [0.15, 0.2) is 23.1 Å². The van der Waals surface area contributed by atoms with Crippen LogP contribution in [0.3, 0.4) is 0 Å². The summed E-state index contributed by atoms with van der Waals surface area (Å²) in [6.07, 6.45) is 0.644. The summed E-state index contributed by atoms with van der Waals surface area (Å²) in [5, 5.41) is 0. The fraction of sp³-hybridized carbons (Fsp3) is 0.333. The Morgan fingerprint density at radius 1 is 1.41 bits per heavy atom. The van der Waals surface area contributed by atoms with Gasteiger partial charge in [-0.25, -0.2) is 8.42 Å². The zero-order valence-electron chi connectivity index (χ0n) is 9.66. The maximum absolute atomic E-state index is 11.1. The zero-order chi connectivity index (χ0) is 12.9. The average molecular weight is 273 g/mol. The van der Waals surface area contributed by atoms with Crippen molar-refractivity contribution in [3.63, 3.8) is 0 Å². The monoisotopic (exact) mass is 272 g/mol. The quantitative estimate of drug-likeness (QED) is 0.481. The van der Waals surface area contributed by atoms with Crippen molar-refractivity contribution in [3.8, 4) is 17.6 Å². The first-order chi connectivity index (χ1) is 7.95. The molecular formula is C12H13ClO3S. The fourth-order valence-corrected chi connectivity index (χ4v) is 2.11. The molecule has 0 amide bonds. The van der Waals surface area contributed by atoms with Crippen molar-refractivity contribution in [2.24, 2.45) is 0 Å². The van der Waals surface area contributed by atoms with E-state index in [-0.39, 0.29) is 4.90 Å². The first-order valence-corrected chi connectivity index (χ1v) is 7.34. The van der Waals surface area contributed by atoms with Crippen LogP contribution >= 0.6 is 10.7 Å². The Morgan fingerprint density at radius 3 is 2.65 bits per heavy atom. The number of aryl methyl sites for hydroxylation is 1. The molecule has 0 saturated carbocycles. The Hall–Kier alpha value is -1.18. The number of benzene rings is 1. The Morgan fingerprint density at radius 2 is 2.12 bits per heavy atom. The molecule has 0 atom stereocenters. The fourth-order valence-electron chi connectivity index (χ4n) is 1.27. The van der Waals surface area contributed by atoms with Gasteiger partial charge >= 0.3 is 0 Å². The molecule has 17 heavy (non-hydrogen) atoms. The molecule has 0 heterocycles. The average Bonchev–Trinajstić information content (AvgIpc) is 2.24. The number of ether oxygens (including phenoxy) is 1. The molecule has 0 aliphatic carbocycles. The highest BCUT2D eigenvalue weighted by Gasteiger charge is 2.11. The number of hydrogen-bond donors (Lipinski definition) is 0. The molecule has 0 radical (unpaired) electrons. The molecule has 5 heteroatoms. The van der Waals surface area contributed by atoms with Crippen LogP contribution in [0, 0.1) is 18.8 Å². The predicted octanol–water partition coefficient (Wildman–Crippen LogP) is 2.71. The van der Waals surface area contributed by atoms with E-state index in [0.29, 0.717) is 18.8 Å². The van der Waals surface area contributed by atoms with E-state index in [0.717, 1.165) is 5.56 Å². The third-order valence-electron chi connectivity index (χ3n) is 2.09. The summed E-state index contributed by atoms with van der Waals surface area (Å²) in [5.74, 6) is 6.30. The summed E-state index contributed by atoms with van der Waals surface area (Å²) in [4.78, 5) is 0.0809. The Bertz CT molecular complexity index is 553. The van der Waals surface area contributed by atoms with E-state index < -0.39 is 9.05 Å². The van der Waals surface area contributed by atoms with Gasteiger partial charge in [0.05, 0.1) is 11.5 Å². The molecule has 0 aliphatic heterocycles. The van der Waals surface area contributed by atoms with Gasteiger partial charge in [0.2, 0.25) is 0 Å². The summed E-state index contributed by atoms with van der Waals surface area (Å²) >= 11 is 0. The van der Waals surface area contributed by atoms with E-state index in [4.69, 9.17) is 15.4 Å². The molecule has 1 aromatic carbocycles. The second-order valence-electron chi connectivity index (χ2n) is 3.39. The smallest absolute Gasteiger partial charge is 0.261 e. The van der Waals surface area contributed by atoms with Crippen molar-refractivity contribution < 1.29 is 13.2 Å². The minimum Gasteiger partial charge on any atom is -0.492 e. The van der Waals surface area contributed by atoms with Crippen LogP contribution in [0.1, 0.15) is 18.9 Å². The van der Waals surface area contributed by atoms with Gasteiger partial charge < -0.3 is 4.74 Å². The summed E-state index contributed by atoms with van der Waals surface area (Å²) < 4.78 is 27.7. The van der Waals surface area contributed by atoms with E-state index >= 15 is 0 Å². The lowest BCUT2D eigenvalue weighted by Crippen LogP contribution is -1.99. The summed E-state index contributed by atoms with van der Waals surface area (Å²) in [5.41, 5.74) is 0.733. The molecule has 92 valence electrons. The van der Waals surface area contributed by atoms with Crippen molar-refractivity contribution in [2.45, 2.75) is 25.2 Å². The summed E-state index contributed by atoms with van der Waals surface area (Å²) in [6.45, 7) is 4.02. The normalized spacial score (nSPS) is 10.5. The second-order valence-corrected chi connectivity index (χ2v) is 5.96. The van der Waals surface area contributed by atoms with Gasteiger partial charge in [-0.15, -0.1) is 11.8 Å². The minimum absolute atomic E-state index is 0.0809. The molecule has 0 bridgehead atoms. The lowest BCUT2D eigenvalue weighted by Gasteiger charge is -2.08. The summed E-state index contributed by atoms with van der Waals surface area (Å²) in [7, 11) is 1.56. The predicted molar refractivity (Wildman–Crippen MR) is 67.8 cm³/mol. The first kappa shape index (κ1) is 13.9. The number of hydrogen-bond acceptors (Lipinski definition) is 3. The molecule has 0 saturated heterocycles. The van der Waals surface area contributed by atoms with Gasteiger partial charge in [-0.3, -0.25) is 0 Å². The van der Waals surface area contributed by atoms with Crippen LogP contribution in [0.2, 0.25) is 0 Å². The molecule has 1 rings (SSSR count). The van der Waals surface area contributed by atoms with Crippen LogP contribution in [-0.2, 0) is 9.05 Å². The molecular weight excluding hydrogens is 260 g/mol. The lowest BCUT2D eigenvalue weighted by molar-refractivity contribution is 0.324. The van der Waals surface area contributed by atoms with Gasteiger partial charge in [-0.1, -0.05) is 0 Å². The molecule has 0 aromatic heterocycles. The third-order valence-corrected chi connectivity index (χ3v) is 3.44. The van der Waals surface area contributed by atoms with E-state index in [9.17, 15) is 8.42 Å². The Balaban J connectivity index is 2.79. The van der Waals surface area contributed by atoms with Crippen molar-refractivity contribution in [2.75, 3.05) is 6.61 Å². The maximum Gasteiger partial charge on any atom is 0.261 e. The van der Waals surface area contributed by atoms with E-state index in [1.165, 1.54) is 12.1 Å². The molecule has 0 spiro atoms. The highest BCUT2D eigenvalue weighted by Crippen LogP contribution is 2.23. The Labute approximate surface area is 106 Å². The molecule has 1 aromatic rings. The minimum atomic E-state index is -3.68. The van der Waals surface area contributed by atoms with Crippen LogP contribution < -0.4 is 4.74 Å². The standard InChI is InChI=1S/C12H13ClO3S/c1-3-4-5-8-16-12-7-6-11(9-10(12)2)17(13,14)15/h6-7,9H,5,8H2,1-2H3. The molecule has 3 nitrogen and oxygen atoms in total. The SMILES string of the molecule is CC#CCCOc1ccc(S(=O)(=O)Cl)cc1C. The first-order valence-electron chi connectivity index (χ1n) is 5.03. The largest absolute Gasteiger partial charge is 0.492 e. The van der Waals surface area contributed by atoms with Crippen LogP contribution in [0.5, 0.6) is 5.75 Å². The highest BCUT2D eigenvalue weighted by molar-refractivity contribution is 8.13. The van der Waals surface area contributed by atoms with Gasteiger partial charge in [0, 0.05) is 17.1 Å². The van der Waals surface area contributed by atoms with Crippen molar-refractivity contribution >= 4 is 19.7 Å². The van der Waals surface area contributed by atoms with E-state index in [1.54, 1.807) is 19.9 Å². The van der Waals surface area contributed by atoms with Crippen molar-refractivity contribution in [1.82, 2.24) is 0 Å². The van der Waals surface area contributed by atoms with E-state index in [2.05, 4.69) is 11.8 Å². The van der Waals surface area contributed by atoms with Crippen LogP contribution in [-0.4, -0.2) is 15.0 Å². The number of rotatable bonds is 4. The molecule has 0 fully saturated rings. The molecule has 0 unspecified atom stereocenters. The van der Waals surface area contributed by atoms with Crippen molar-refractivity contribution in [1.29, 1.82) is 0 Å². The third kappa shape index (κ3) is 4.29. The Kier molecular flexibility index (Phi) is 4.86. The van der Waals surface area contributed by atoms with Gasteiger partial charge in [-0.05, 0) is 37.6 Å².